The van der Waals surface area contributed by atoms with Gasteiger partial charge in [0.05, 0.1) is 27.6 Å². The summed E-state index contributed by atoms with van der Waals surface area (Å²) < 4.78 is 0. The highest BCUT2D eigenvalue weighted by atomic mass is 32.2. The van der Waals surface area contributed by atoms with Gasteiger partial charge in [0, 0.05) is 37.6 Å². The lowest BCUT2D eigenvalue weighted by Crippen LogP contribution is -2.26. The Balaban J connectivity index is 1.59. The maximum atomic E-state index is 13.4. The van der Waals surface area contributed by atoms with E-state index in [1.54, 1.807) is 17.3 Å². The molecule has 3 aromatic rings. The Bertz CT molecular complexity index is 1340. The Labute approximate surface area is 225 Å². The first kappa shape index (κ1) is 26.4. The number of amides is 2. The largest absolute Gasteiger partial charge is 0.384 e. The van der Waals surface area contributed by atoms with Crippen LogP contribution in [0.3, 0.4) is 0 Å². The first-order chi connectivity index (χ1) is 18.0. The van der Waals surface area contributed by atoms with E-state index in [4.69, 9.17) is 0 Å². The first-order valence-electron chi connectivity index (χ1n) is 11.9. The van der Waals surface area contributed by atoms with Gasteiger partial charge in [-0.15, -0.1) is 0 Å². The standard InChI is InChI=1S/C28H29N5O2S2/c1-4-29-23-16-21(32-19(2)34)14-15-22(23)31-18-36-26(27(35)30-17-20-10-6-5-7-11-20)28-33(3)24-12-8-9-13-25(24)37-28/h5-16,18,29H,4,17H2,1-3H3,(H,30,35)(H,32,34)/b28-26-,31-18?. The minimum Gasteiger partial charge on any atom is -0.384 e. The van der Waals surface area contributed by atoms with Crippen LogP contribution in [0, 0.1) is 0 Å². The highest BCUT2D eigenvalue weighted by molar-refractivity contribution is 8.17. The highest BCUT2D eigenvalue weighted by Gasteiger charge is 2.28. The number of benzene rings is 3. The number of thioether (sulfide) groups is 2. The zero-order valence-electron chi connectivity index (χ0n) is 20.9. The summed E-state index contributed by atoms with van der Waals surface area (Å²) in [6, 6.07) is 23.4. The van der Waals surface area contributed by atoms with Crippen molar-refractivity contribution in [1.82, 2.24) is 5.32 Å². The topological polar surface area (TPSA) is 85.8 Å². The van der Waals surface area contributed by atoms with Crippen LogP contribution in [0.2, 0.25) is 0 Å². The van der Waals surface area contributed by atoms with Crippen LogP contribution in [-0.4, -0.2) is 31.0 Å². The van der Waals surface area contributed by atoms with Crippen molar-refractivity contribution >= 4 is 63.6 Å². The Kier molecular flexibility index (Phi) is 8.92. The lowest BCUT2D eigenvalue weighted by atomic mass is 10.2. The van der Waals surface area contributed by atoms with Gasteiger partial charge in [-0.2, -0.15) is 0 Å². The summed E-state index contributed by atoms with van der Waals surface area (Å²) in [7, 11) is 1.97. The van der Waals surface area contributed by atoms with Gasteiger partial charge >= 0.3 is 0 Å². The van der Waals surface area contributed by atoms with Gasteiger partial charge in [0.15, 0.2) is 0 Å². The van der Waals surface area contributed by atoms with Crippen molar-refractivity contribution in [3.8, 4) is 0 Å². The SMILES string of the molecule is CCNc1cc(NC(C)=O)ccc1N=CS/C(C(=O)NCc1ccccc1)=C1\Sc2ccccc2N1C. The Hall–Kier alpha value is -3.69. The molecule has 0 unspecified atom stereocenters. The smallest absolute Gasteiger partial charge is 0.261 e. The number of hydrogen-bond acceptors (Lipinski definition) is 7. The van der Waals surface area contributed by atoms with Crippen molar-refractivity contribution in [2.45, 2.75) is 25.3 Å². The Morgan fingerprint density at radius 2 is 1.81 bits per heavy atom. The normalized spacial score (nSPS) is 13.9. The molecule has 3 aromatic carbocycles. The van der Waals surface area contributed by atoms with Gasteiger partial charge < -0.3 is 20.9 Å². The van der Waals surface area contributed by atoms with Gasteiger partial charge in [-0.05, 0) is 42.8 Å². The van der Waals surface area contributed by atoms with Crippen LogP contribution in [0.25, 0.3) is 0 Å². The minimum absolute atomic E-state index is 0.133. The third-order valence-electron chi connectivity index (χ3n) is 5.48. The van der Waals surface area contributed by atoms with Crippen LogP contribution in [-0.2, 0) is 16.1 Å². The molecular weight excluding hydrogens is 502 g/mol. The molecule has 2 amide bonds. The van der Waals surface area contributed by atoms with E-state index in [1.165, 1.54) is 18.7 Å². The summed E-state index contributed by atoms with van der Waals surface area (Å²) in [6.45, 7) is 4.61. The van der Waals surface area contributed by atoms with Gasteiger partial charge in [-0.1, -0.05) is 66.0 Å². The summed E-state index contributed by atoms with van der Waals surface area (Å²) in [5, 5.41) is 9.99. The predicted octanol–water partition coefficient (Wildman–Crippen LogP) is 6.20. The van der Waals surface area contributed by atoms with Crippen LogP contribution in [0.5, 0.6) is 0 Å². The number of nitrogens with one attached hydrogen (secondary N) is 3. The van der Waals surface area contributed by atoms with E-state index >= 15 is 0 Å². The van der Waals surface area contributed by atoms with Crippen molar-refractivity contribution < 1.29 is 9.59 Å². The molecule has 0 saturated carbocycles. The molecule has 1 aliphatic rings. The fourth-order valence-electron chi connectivity index (χ4n) is 3.76. The van der Waals surface area contributed by atoms with Crippen LogP contribution in [0.4, 0.5) is 22.7 Å². The molecule has 0 aromatic heterocycles. The van der Waals surface area contributed by atoms with Crippen LogP contribution in [0.15, 0.2) is 92.6 Å². The van der Waals surface area contributed by atoms with E-state index in [2.05, 4.69) is 27.0 Å². The Morgan fingerprint density at radius 3 is 2.54 bits per heavy atom. The number of aliphatic imine (C=N–C) groups is 1. The van der Waals surface area contributed by atoms with Gasteiger partial charge in [0.1, 0.15) is 4.91 Å². The molecule has 0 aliphatic carbocycles. The molecule has 0 spiro atoms. The second kappa shape index (κ2) is 12.5. The second-order valence-electron chi connectivity index (χ2n) is 8.23. The number of rotatable bonds is 9. The van der Waals surface area contributed by atoms with Gasteiger partial charge in [-0.25, -0.2) is 4.99 Å². The fourth-order valence-corrected chi connectivity index (χ4v) is 5.80. The van der Waals surface area contributed by atoms with E-state index in [0.717, 1.165) is 26.9 Å². The van der Waals surface area contributed by atoms with E-state index in [9.17, 15) is 9.59 Å². The molecule has 0 bridgehead atoms. The molecular formula is C28H29N5O2S2. The molecule has 4 rings (SSSR count). The molecule has 3 N–H and O–H groups in total. The van der Waals surface area contributed by atoms with E-state index in [1.807, 2.05) is 85.6 Å². The zero-order chi connectivity index (χ0) is 26.2. The third-order valence-corrected chi connectivity index (χ3v) is 7.67. The van der Waals surface area contributed by atoms with Crippen molar-refractivity contribution in [3.63, 3.8) is 0 Å². The number of nitrogens with zero attached hydrogens (tertiary/aromatic N) is 2. The first-order valence-corrected chi connectivity index (χ1v) is 13.6. The molecule has 1 heterocycles. The number of anilines is 3. The average molecular weight is 532 g/mol. The number of carbonyl (C=O) groups excluding carboxylic acids is 2. The molecule has 7 nitrogen and oxygen atoms in total. The lowest BCUT2D eigenvalue weighted by Gasteiger charge is -2.17. The minimum atomic E-state index is -0.157. The zero-order valence-corrected chi connectivity index (χ0v) is 22.6. The van der Waals surface area contributed by atoms with Crippen LogP contribution >= 0.6 is 23.5 Å². The number of carbonyl (C=O) groups is 2. The Morgan fingerprint density at radius 1 is 1.05 bits per heavy atom. The van der Waals surface area contributed by atoms with Crippen LogP contribution < -0.4 is 20.9 Å². The number of fused-ring (bicyclic) bond motifs is 1. The van der Waals surface area contributed by atoms with Gasteiger partial charge in [0.25, 0.3) is 5.91 Å². The fraction of sp³-hybridized carbons (Fsp3) is 0.179. The maximum absolute atomic E-state index is 13.4. The van der Waals surface area contributed by atoms with Gasteiger partial charge in [0.2, 0.25) is 5.91 Å². The van der Waals surface area contributed by atoms with E-state index < -0.39 is 0 Å². The molecule has 0 radical (unpaired) electrons. The number of hydrogen-bond donors (Lipinski definition) is 3. The summed E-state index contributed by atoms with van der Waals surface area (Å²) in [5.41, 5.74) is 6.00. The van der Waals surface area contributed by atoms with Crippen LogP contribution in [0.1, 0.15) is 19.4 Å². The van der Waals surface area contributed by atoms with Crippen molar-refractivity contribution in [3.05, 3.63) is 88.3 Å². The summed E-state index contributed by atoms with van der Waals surface area (Å²) >= 11 is 2.87. The second-order valence-corrected chi connectivity index (χ2v) is 10.1. The molecule has 0 fully saturated rings. The maximum Gasteiger partial charge on any atom is 0.261 e. The van der Waals surface area contributed by atoms with E-state index in [0.29, 0.717) is 29.4 Å². The molecule has 9 heteroatoms. The highest BCUT2D eigenvalue weighted by Crippen LogP contribution is 2.47. The number of para-hydroxylation sites is 1. The molecule has 190 valence electrons. The van der Waals surface area contributed by atoms with E-state index in [-0.39, 0.29) is 11.8 Å². The summed E-state index contributed by atoms with van der Waals surface area (Å²) in [5.74, 6) is -0.290. The average Bonchev–Trinajstić information content (AvgIpc) is 3.23. The van der Waals surface area contributed by atoms with Crippen molar-refractivity contribution in [2.24, 2.45) is 4.99 Å². The predicted molar refractivity (Wildman–Crippen MR) is 157 cm³/mol. The van der Waals surface area contributed by atoms with Crippen molar-refractivity contribution in [1.29, 1.82) is 0 Å². The summed E-state index contributed by atoms with van der Waals surface area (Å²) in [6.07, 6.45) is 0. The van der Waals surface area contributed by atoms with Gasteiger partial charge in [-0.3, -0.25) is 9.59 Å². The monoisotopic (exact) mass is 531 g/mol. The molecule has 37 heavy (non-hydrogen) atoms. The quantitative estimate of drug-likeness (QED) is 0.173. The van der Waals surface area contributed by atoms with Crippen molar-refractivity contribution in [2.75, 3.05) is 29.1 Å². The molecule has 1 aliphatic heterocycles. The molecule has 0 saturated heterocycles. The molecule has 0 atom stereocenters. The third kappa shape index (κ3) is 6.75. The lowest BCUT2D eigenvalue weighted by molar-refractivity contribution is -0.117. The summed E-state index contributed by atoms with van der Waals surface area (Å²) in [4.78, 5) is 33.2.